The Morgan fingerprint density at radius 3 is 2.55 bits per heavy atom. The van der Waals surface area contributed by atoms with Crippen LogP contribution in [-0.4, -0.2) is 10.2 Å². The molecule has 0 bridgehead atoms. The molecule has 0 radical (unpaired) electrons. The SMILES string of the molecule is CCC(C)(N)c1nnc(C)s1. The van der Waals surface area contributed by atoms with Crippen LogP contribution < -0.4 is 5.73 Å². The van der Waals surface area contributed by atoms with E-state index in [-0.39, 0.29) is 5.54 Å². The molecule has 0 saturated carbocycles. The summed E-state index contributed by atoms with van der Waals surface area (Å²) in [4.78, 5) is 0. The largest absolute Gasteiger partial charge is 0.320 e. The summed E-state index contributed by atoms with van der Waals surface area (Å²) in [6, 6.07) is 0. The molecule has 1 unspecified atom stereocenters. The quantitative estimate of drug-likeness (QED) is 0.732. The molecule has 1 atom stereocenters. The topological polar surface area (TPSA) is 51.8 Å². The first-order valence-electron chi connectivity index (χ1n) is 3.65. The van der Waals surface area contributed by atoms with Crippen molar-refractivity contribution < 1.29 is 0 Å². The van der Waals surface area contributed by atoms with Gasteiger partial charge in [-0.25, -0.2) is 0 Å². The lowest BCUT2D eigenvalue weighted by Crippen LogP contribution is -2.31. The zero-order chi connectivity index (χ0) is 8.48. The van der Waals surface area contributed by atoms with E-state index in [4.69, 9.17) is 5.73 Å². The van der Waals surface area contributed by atoms with Gasteiger partial charge in [-0.1, -0.05) is 18.3 Å². The predicted octanol–water partition coefficient (Wildman–Crippen LogP) is 1.43. The number of aryl methyl sites for hydroxylation is 1. The van der Waals surface area contributed by atoms with Gasteiger partial charge in [0.2, 0.25) is 0 Å². The predicted molar refractivity (Wildman–Crippen MR) is 46.5 cm³/mol. The maximum atomic E-state index is 5.96. The smallest absolute Gasteiger partial charge is 0.137 e. The van der Waals surface area contributed by atoms with Gasteiger partial charge < -0.3 is 5.73 Å². The molecule has 2 N–H and O–H groups in total. The van der Waals surface area contributed by atoms with Crippen molar-refractivity contribution in [3.05, 3.63) is 10.0 Å². The van der Waals surface area contributed by atoms with Crippen LogP contribution in [-0.2, 0) is 5.54 Å². The van der Waals surface area contributed by atoms with Crippen LogP contribution in [0.15, 0.2) is 0 Å². The maximum Gasteiger partial charge on any atom is 0.137 e. The Kier molecular flexibility index (Phi) is 2.25. The minimum absolute atomic E-state index is 0.300. The van der Waals surface area contributed by atoms with E-state index in [1.807, 2.05) is 13.8 Å². The monoisotopic (exact) mass is 171 g/mol. The van der Waals surface area contributed by atoms with Crippen molar-refractivity contribution >= 4 is 11.3 Å². The normalized spacial score (nSPS) is 16.4. The summed E-state index contributed by atoms with van der Waals surface area (Å²) in [7, 11) is 0. The molecule has 0 aromatic carbocycles. The first kappa shape index (κ1) is 8.62. The fraction of sp³-hybridized carbons (Fsp3) is 0.714. The summed E-state index contributed by atoms with van der Waals surface area (Å²) >= 11 is 1.57. The number of nitrogens with two attached hydrogens (primary N) is 1. The van der Waals surface area contributed by atoms with Crippen molar-refractivity contribution in [2.75, 3.05) is 0 Å². The van der Waals surface area contributed by atoms with E-state index in [0.29, 0.717) is 0 Å². The van der Waals surface area contributed by atoms with Crippen LogP contribution >= 0.6 is 11.3 Å². The van der Waals surface area contributed by atoms with Gasteiger partial charge in [0.1, 0.15) is 10.0 Å². The first-order valence-corrected chi connectivity index (χ1v) is 4.47. The van der Waals surface area contributed by atoms with E-state index < -0.39 is 0 Å². The molecule has 0 aliphatic carbocycles. The Bertz CT molecular complexity index is 242. The zero-order valence-electron chi connectivity index (χ0n) is 7.09. The fourth-order valence-electron chi connectivity index (χ4n) is 0.679. The second-order valence-corrected chi connectivity index (χ2v) is 4.08. The molecule has 62 valence electrons. The third-order valence-corrected chi connectivity index (χ3v) is 2.87. The van der Waals surface area contributed by atoms with E-state index in [9.17, 15) is 0 Å². The van der Waals surface area contributed by atoms with Crippen LogP contribution in [0.1, 0.15) is 30.3 Å². The molecule has 3 nitrogen and oxygen atoms in total. The second kappa shape index (κ2) is 2.87. The fourth-order valence-corrected chi connectivity index (χ4v) is 1.50. The standard InChI is InChI=1S/C7H13N3S/c1-4-7(3,8)6-10-9-5(2)11-6/h4,8H2,1-3H3. The third kappa shape index (κ3) is 1.75. The van der Waals surface area contributed by atoms with Crippen molar-refractivity contribution in [3.63, 3.8) is 0 Å². The highest BCUT2D eigenvalue weighted by atomic mass is 32.1. The molecule has 1 aromatic rings. The van der Waals surface area contributed by atoms with Crippen LogP contribution in [0.25, 0.3) is 0 Å². The molecule has 1 aromatic heterocycles. The molecule has 0 aliphatic heterocycles. The lowest BCUT2D eigenvalue weighted by molar-refractivity contribution is 0.469. The molecular weight excluding hydrogens is 158 g/mol. The Labute approximate surface area is 70.6 Å². The summed E-state index contributed by atoms with van der Waals surface area (Å²) in [5.74, 6) is 0. The van der Waals surface area contributed by atoms with Gasteiger partial charge in [-0.05, 0) is 20.3 Å². The third-order valence-electron chi connectivity index (χ3n) is 1.75. The van der Waals surface area contributed by atoms with Gasteiger partial charge in [0.05, 0.1) is 5.54 Å². The van der Waals surface area contributed by atoms with Crippen molar-refractivity contribution in [2.45, 2.75) is 32.7 Å². The van der Waals surface area contributed by atoms with E-state index in [0.717, 1.165) is 16.4 Å². The first-order chi connectivity index (χ1) is 5.06. The summed E-state index contributed by atoms with van der Waals surface area (Å²) in [6.07, 6.45) is 0.891. The van der Waals surface area contributed by atoms with E-state index >= 15 is 0 Å². The minimum Gasteiger partial charge on any atom is -0.320 e. The zero-order valence-corrected chi connectivity index (χ0v) is 7.90. The maximum absolute atomic E-state index is 5.96. The molecule has 0 saturated heterocycles. The highest BCUT2D eigenvalue weighted by Gasteiger charge is 2.22. The Morgan fingerprint density at radius 2 is 2.18 bits per heavy atom. The van der Waals surface area contributed by atoms with Crippen molar-refractivity contribution in [3.8, 4) is 0 Å². The van der Waals surface area contributed by atoms with Crippen LogP contribution in [0.3, 0.4) is 0 Å². The molecule has 0 fully saturated rings. The van der Waals surface area contributed by atoms with Crippen molar-refractivity contribution in [2.24, 2.45) is 5.73 Å². The van der Waals surface area contributed by atoms with Gasteiger partial charge in [-0.2, -0.15) is 0 Å². The van der Waals surface area contributed by atoms with Crippen LogP contribution in [0.4, 0.5) is 0 Å². The number of hydrogen-bond donors (Lipinski definition) is 1. The molecule has 0 spiro atoms. The van der Waals surface area contributed by atoms with E-state index in [1.54, 1.807) is 11.3 Å². The Balaban J connectivity index is 2.92. The van der Waals surface area contributed by atoms with Crippen molar-refractivity contribution in [1.82, 2.24) is 10.2 Å². The second-order valence-electron chi connectivity index (χ2n) is 2.90. The van der Waals surface area contributed by atoms with Gasteiger partial charge in [0, 0.05) is 0 Å². The number of nitrogens with zero attached hydrogens (tertiary/aromatic N) is 2. The molecule has 0 amide bonds. The highest BCUT2D eigenvalue weighted by molar-refractivity contribution is 7.11. The van der Waals surface area contributed by atoms with Gasteiger partial charge >= 0.3 is 0 Å². The number of hydrogen-bond acceptors (Lipinski definition) is 4. The van der Waals surface area contributed by atoms with Gasteiger partial charge in [0.15, 0.2) is 0 Å². The molecule has 1 rings (SSSR count). The summed E-state index contributed by atoms with van der Waals surface area (Å²) in [6.45, 7) is 5.97. The average Bonchev–Trinajstić information content (AvgIpc) is 2.36. The lowest BCUT2D eigenvalue weighted by atomic mass is 10.0. The van der Waals surface area contributed by atoms with Crippen LogP contribution in [0.5, 0.6) is 0 Å². The van der Waals surface area contributed by atoms with Crippen molar-refractivity contribution in [1.29, 1.82) is 0 Å². The summed E-state index contributed by atoms with van der Waals surface area (Å²) < 4.78 is 0. The van der Waals surface area contributed by atoms with Crippen LogP contribution in [0.2, 0.25) is 0 Å². The van der Waals surface area contributed by atoms with Gasteiger partial charge in [-0.15, -0.1) is 10.2 Å². The molecule has 0 aliphatic rings. The molecule has 4 heteroatoms. The summed E-state index contributed by atoms with van der Waals surface area (Å²) in [5, 5.41) is 9.83. The molecule has 11 heavy (non-hydrogen) atoms. The number of aromatic nitrogens is 2. The molecule has 1 heterocycles. The van der Waals surface area contributed by atoms with Gasteiger partial charge in [0.25, 0.3) is 0 Å². The van der Waals surface area contributed by atoms with E-state index in [1.165, 1.54) is 0 Å². The molecular formula is C7H13N3S. The Hall–Kier alpha value is -0.480. The van der Waals surface area contributed by atoms with Gasteiger partial charge in [-0.3, -0.25) is 0 Å². The highest BCUT2D eigenvalue weighted by Crippen LogP contribution is 2.23. The number of rotatable bonds is 2. The Morgan fingerprint density at radius 1 is 1.55 bits per heavy atom. The average molecular weight is 171 g/mol. The summed E-state index contributed by atoms with van der Waals surface area (Å²) in [5.41, 5.74) is 5.66. The minimum atomic E-state index is -0.300. The van der Waals surface area contributed by atoms with Crippen LogP contribution in [0, 0.1) is 6.92 Å². The van der Waals surface area contributed by atoms with E-state index in [2.05, 4.69) is 17.1 Å². The lowest BCUT2D eigenvalue weighted by Gasteiger charge is -2.17.